The average molecular weight is 332 g/mol. The molecule has 2 N–H and O–H groups in total. The molecule has 120 valence electrons. The van der Waals surface area contributed by atoms with Crippen LogP contribution in [-0.2, 0) is 10.0 Å². The lowest BCUT2D eigenvalue weighted by Gasteiger charge is -2.10. The van der Waals surface area contributed by atoms with Gasteiger partial charge in [0.15, 0.2) is 0 Å². The van der Waals surface area contributed by atoms with Crippen LogP contribution in [-0.4, -0.2) is 33.7 Å². The van der Waals surface area contributed by atoms with Crippen molar-refractivity contribution in [3.63, 3.8) is 0 Å². The number of hydrogen-bond donors (Lipinski definition) is 2. The van der Waals surface area contributed by atoms with Crippen LogP contribution in [0, 0.1) is 0 Å². The van der Waals surface area contributed by atoms with Gasteiger partial charge in [-0.15, -0.1) is 0 Å². The molecule has 0 saturated heterocycles. The van der Waals surface area contributed by atoms with Crippen LogP contribution in [0.4, 0.5) is 5.69 Å². The van der Waals surface area contributed by atoms with E-state index < -0.39 is 10.0 Å². The lowest BCUT2D eigenvalue weighted by Crippen LogP contribution is -2.24. The van der Waals surface area contributed by atoms with Gasteiger partial charge in [0, 0.05) is 5.69 Å². The fraction of sp³-hybridized carbons (Fsp3) is 0.188. The summed E-state index contributed by atoms with van der Waals surface area (Å²) in [5.41, 5.74) is 2.65. The summed E-state index contributed by atoms with van der Waals surface area (Å²) >= 11 is 0. The second kappa shape index (κ2) is 5.92. The van der Waals surface area contributed by atoms with E-state index in [0.717, 1.165) is 17.4 Å². The number of carbonyl (C=O) groups is 1. The van der Waals surface area contributed by atoms with Gasteiger partial charge in [-0.05, 0) is 35.4 Å². The number of sulfonamides is 1. The molecular weight excluding hydrogens is 316 g/mol. The molecule has 7 heteroatoms. The minimum Gasteiger partial charge on any atom is -0.491 e. The molecule has 0 aliphatic carbocycles. The summed E-state index contributed by atoms with van der Waals surface area (Å²) in [4.78, 5) is 11.9. The lowest BCUT2D eigenvalue weighted by molar-refractivity contribution is 0.0957. The van der Waals surface area contributed by atoms with Crippen molar-refractivity contribution in [2.45, 2.75) is 0 Å². The molecule has 0 fully saturated rings. The van der Waals surface area contributed by atoms with Crippen LogP contribution in [0.25, 0.3) is 11.1 Å². The monoisotopic (exact) mass is 332 g/mol. The van der Waals surface area contributed by atoms with E-state index in [1.54, 1.807) is 30.3 Å². The van der Waals surface area contributed by atoms with Crippen molar-refractivity contribution in [3.8, 4) is 16.9 Å². The Labute approximate surface area is 134 Å². The Bertz CT molecular complexity index is 862. The van der Waals surface area contributed by atoms with Crippen LogP contribution < -0.4 is 14.8 Å². The number of nitrogens with one attached hydrogen (secondary N) is 2. The Morgan fingerprint density at radius 2 is 1.91 bits per heavy atom. The standard InChI is InChI=1S/C16H16N2O4S/c1-23(20,21)18-13-4-2-3-11(9-13)12-5-6-14-15(10-12)22-8-7-17-16(14)19/h2-6,9-10,18H,7-8H2,1H3,(H,17,19). The fourth-order valence-corrected chi connectivity index (χ4v) is 2.96. The lowest BCUT2D eigenvalue weighted by atomic mass is 10.0. The topological polar surface area (TPSA) is 84.5 Å². The molecule has 1 aliphatic heterocycles. The van der Waals surface area contributed by atoms with Crippen molar-refractivity contribution in [1.82, 2.24) is 5.32 Å². The molecule has 0 unspecified atom stereocenters. The Hall–Kier alpha value is -2.54. The number of hydrogen-bond acceptors (Lipinski definition) is 4. The van der Waals surface area contributed by atoms with Gasteiger partial charge in [-0.2, -0.15) is 0 Å². The Balaban J connectivity index is 1.98. The Morgan fingerprint density at radius 1 is 1.13 bits per heavy atom. The molecule has 0 aromatic heterocycles. The summed E-state index contributed by atoms with van der Waals surface area (Å²) < 4.78 is 30.7. The van der Waals surface area contributed by atoms with E-state index >= 15 is 0 Å². The predicted molar refractivity (Wildman–Crippen MR) is 88.2 cm³/mol. The maximum atomic E-state index is 11.9. The van der Waals surface area contributed by atoms with Crippen molar-refractivity contribution in [3.05, 3.63) is 48.0 Å². The molecule has 1 heterocycles. The molecule has 1 amide bonds. The molecule has 3 rings (SSSR count). The largest absolute Gasteiger partial charge is 0.491 e. The average Bonchev–Trinajstić information content (AvgIpc) is 2.67. The van der Waals surface area contributed by atoms with E-state index in [1.165, 1.54) is 0 Å². The third kappa shape index (κ3) is 3.62. The highest BCUT2D eigenvalue weighted by molar-refractivity contribution is 7.92. The van der Waals surface area contributed by atoms with Gasteiger partial charge in [-0.1, -0.05) is 18.2 Å². The first-order chi connectivity index (χ1) is 10.9. The molecule has 1 aliphatic rings. The van der Waals surface area contributed by atoms with Crippen LogP contribution in [0.5, 0.6) is 5.75 Å². The Kier molecular flexibility index (Phi) is 3.96. The van der Waals surface area contributed by atoms with Crippen molar-refractivity contribution in [2.75, 3.05) is 24.1 Å². The normalized spacial score (nSPS) is 14.2. The minimum atomic E-state index is -3.33. The fourth-order valence-electron chi connectivity index (χ4n) is 2.41. The molecule has 0 spiro atoms. The smallest absolute Gasteiger partial charge is 0.255 e. The zero-order valence-corrected chi connectivity index (χ0v) is 13.3. The molecule has 6 nitrogen and oxygen atoms in total. The summed E-state index contributed by atoms with van der Waals surface area (Å²) in [5.74, 6) is 0.371. The van der Waals surface area contributed by atoms with Crippen molar-refractivity contribution < 1.29 is 17.9 Å². The van der Waals surface area contributed by atoms with Crippen LogP contribution in [0.2, 0.25) is 0 Å². The highest BCUT2D eigenvalue weighted by Gasteiger charge is 2.17. The SMILES string of the molecule is CS(=O)(=O)Nc1cccc(-c2ccc3c(c2)OCCNC3=O)c1. The number of ether oxygens (including phenoxy) is 1. The molecule has 2 aromatic rings. The molecule has 2 aromatic carbocycles. The summed E-state index contributed by atoms with van der Waals surface area (Å²) in [6, 6.07) is 12.4. The molecular formula is C16H16N2O4S. The van der Waals surface area contributed by atoms with E-state index in [9.17, 15) is 13.2 Å². The number of rotatable bonds is 3. The zero-order valence-electron chi connectivity index (χ0n) is 12.5. The second-order valence-electron chi connectivity index (χ2n) is 5.27. The third-order valence-corrected chi connectivity index (χ3v) is 3.98. The summed E-state index contributed by atoms with van der Waals surface area (Å²) in [6.45, 7) is 0.883. The number of anilines is 1. The van der Waals surface area contributed by atoms with Gasteiger partial charge in [0.2, 0.25) is 10.0 Å². The molecule has 0 saturated carbocycles. The van der Waals surface area contributed by atoms with Gasteiger partial charge in [-0.25, -0.2) is 8.42 Å². The van der Waals surface area contributed by atoms with E-state index in [1.807, 2.05) is 12.1 Å². The van der Waals surface area contributed by atoms with Gasteiger partial charge in [0.1, 0.15) is 12.4 Å². The third-order valence-electron chi connectivity index (χ3n) is 3.37. The van der Waals surface area contributed by atoms with Crippen LogP contribution in [0.15, 0.2) is 42.5 Å². The Morgan fingerprint density at radius 3 is 2.70 bits per heavy atom. The highest BCUT2D eigenvalue weighted by Crippen LogP contribution is 2.29. The van der Waals surface area contributed by atoms with Crippen LogP contribution in [0.3, 0.4) is 0 Å². The van der Waals surface area contributed by atoms with Gasteiger partial charge < -0.3 is 10.1 Å². The molecule has 0 atom stereocenters. The second-order valence-corrected chi connectivity index (χ2v) is 7.02. The first kappa shape index (κ1) is 15.4. The number of fused-ring (bicyclic) bond motifs is 1. The minimum absolute atomic E-state index is 0.156. The molecule has 23 heavy (non-hydrogen) atoms. The molecule has 0 radical (unpaired) electrons. The maximum Gasteiger partial charge on any atom is 0.255 e. The van der Waals surface area contributed by atoms with E-state index in [2.05, 4.69) is 10.0 Å². The summed E-state index contributed by atoms with van der Waals surface area (Å²) in [5, 5.41) is 2.75. The number of carbonyl (C=O) groups excluding carboxylic acids is 1. The first-order valence-electron chi connectivity index (χ1n) is 7.06. The maximum absolute atomic E-state index is 11.9. The summed E-state index contributed by atoms with van der Waals surface area (Å²) in [6.07, 6.45) is 1.11. The predicted octanol–water partition coefficient (Wildman–Crippen LogP) is 1.85. The van der Waals surface area contributed by atoms with Crippen molar-refractivity contribution >= 4 is 21.6 Å². The van der Waals surface area contributed by atoms with E-state index in [4.69, 9.17) is 4.74 Å². The van der Waals surface area contributed by atoms with Crippen LogP contribution in [0.1, 0.15) is 10.4 Å². The highest BCUT2D eigenvalue weighted by atomic mass is 32.2. The van der Waals surface area contributed by atoms with Gasteiger partial charge in [-0.3, -0.25) is 9.52 Å². The van der Waals surface area contributed by atoms with E-state index in [-0.39, 0.29) is 5.91 Å². The zero-order chi connectivity index (χ0) is 16.4. The first-order valence-corrected chi connectivity index (χ1v) is 8.95. The van der Waals surface area contributed by atoms with Crippen molar-refractivity contribution in [1.29, 1.82) is 0 Å². The molecule has 0 bridgehead atoms. The number of benzene rings is 2. The summed E-state index contributed by atoms with van der Waals surface area (Å²) in [7, 11) is -3.33. The van der Waals surface area contributed by atoms with Crippen LogP contribution >= 0.6 is 0 Å². The number of amides is 1. The van der Waals surface area contributed by atoms with Gasteiger partial charge >= 0.3 is 0 Å². The quantitative estimate of drug-likeness (QED) is 0.898. The van der Waals surface area contributed by atoms with Gasteiger partial charge in [0.25, 0.3) is 5.91 Å². The van der Waals surface area contributed by atoms with Crippen molar-refractivity contribution in [2.24, 2.45) is 0 Å². The van der Waals surface area contributed by atoms with E-state index in [0.29, 0.717) is 30.2 Å². The van der Waals surface area contributed by atoms with Gasteiger partial charge in [0.05, 0.1) is 18.4 Å².